The molecular weight excluding hydrogens is 378 g/mol. The fraction of sp³-hybridized carbons (Fsp3) is 0.524. The summed E-state index contributed by atoms with van der Waals surface area (Å²) in [4.78, 5) is 28.4. The van der Waals surface area contributed by atoms with E-state index in [1.165, 1.54) is 18.9 Å². The maximum absolute atomic E-state index is 13.2. The van der Waals surface area contributed by atoms with Crippen molar-refractivity contribution in [3.8, 4) is 0 Å². The highest BCUT2D eigenvalue weighted by Crippen LogP contribution is 2.42. The standard InChI is InChI=1S/C21H27NO5S/c1-13(2)22(19(23)21-26-11-14(3)12-27-21)16-10-17(15-8-6-5-7-9-15)28-18(16)20(24)25-4/h5-10,13-14,16,18,21H,11-12H2,1-4H3. The molecule has 28 heavy (non-hydrogen) atoms. The van der Waals surface area contributed by atoms with Crippen molar-refractivity contribution in [1.29, 1.82) is 0 Å². The summed E-state index contributed by atoms with van der Waals surface area (Å²) in [5.74, 6) is -0.354. The second-order valence-electron chi connectivity index (χ2n) is 7.39. The zero-order chi connectivity index (χ0) is 20.3. The van der Waals surface area contributed by atoms with Crippen molar-refractivity contribution < 1.29 is 23.8 Å². The second-order valence-corrected chi connectivity index (χ2v) is 8.58. The highest BCUT2D eigenvalue weighted by Gasteiger charge is 2.44. The van der Waals surface area contributed by atoms with Gasteiger partial charge in [0.15, 0.2) is 0 Å². The Morgan fingerprint density at radius 2 is 1.82 bits per heavy atom. The van der Waals surface area contributed by atoms with Crippen LogP contribution in [0.15, 0.2) is 36.4 Å². The van der Waals surface area contributed by atoms with Gasteiger partial charge in [0.1, 0.15) is 5.25 Å². The Hall–Kier alpha value is -1.83. The number of nitrogens with zero attached hydrogens (tertiary/aromatic N) is 1. The van der Waals surface area contributed by atoms with Crippen molar-refractivity contribution in [2.45, 2.75) is 44.4 Å². The first kappa shape index (κ1) is 20.9. The summed E-state index contributed by atoms with van der Waals surface area (Å²) < 4.78 is 16.3. The van der Waals surface area contributed by atoms with E-state index in [4.69, 9.17) is 14.2 Å². The maximum atomic E-state index is 13.2. The molecule has 152 valence electrons. The minimum atomic E-state index is -0.934. The number of amides is 1. The number of benzene rings is 1. The van der Waals surface area contributed by atoms with Crippen LogP contribution in [-0.4, -0.2) is 60.7 Å². The van der Waals surface area contributed by atoms with E-state index in [1.807, 2.05) is 57.2 Å². The molecule has 1 amide bonds. The molecule has 2 atom stereocenters. The van der Waals surface area contributed by atoms with Crippen LogP contribution in [0.5, 0.6) is 0 Å². The molecule has 0 bridgehead atoms. The summed E-state index contributed by atoms with van der Waals surface area (Å²) in [5, 5.41) is -0.533. The number of carbonyl (C=O) groups excluding carboxylic acids is 2. The fourth-order valence-electron chi connectivity index (χ4n) is 3.39. The van der Waals surface area contributed by atoms with Gasteiger partial charge in [0.25, 0.3) is 5.91 Å². The molecule has 1 saturated heterocycles. The Morgan fingerprint density at radius 1 is 1.18 bits per heavy atom. The van der Waals surface area contributed by atoms with E-state index >= 15 is 0 Å². The lowest BCUT2D eigenvalue weighted by Crippen LogP contribution is -2.55. The molecule has 7 heteroatoms. The number of thioether (sulfide) groups is 1. The molecule has 6 nitrogen and oxygen atoms in total. The third-order valence-electron chi connectivity index (χ3n) is 4.78. The molecule has 0 saturated carbocycles. The summed E-state index contributed by atoms with van der Waals surface area (Å²) in [6.07, 6.45) is 1.04. The van der Waals surface area contributed by atoms with Gasteiger partial charge in [-0.05, 0) is 25.5 Å². The number of methoxy groups -OCH3 is 1. The lowest BCUT2D eigenvalue weighted by molar-refractivity contribution is -0.212. The van der Waals surface area contributed by atoms with Crippen LogP contribution < -0.4 is 0 Å². The van der Waals surface area contributed by atoms with Gasteiger partial charge in [0.05, 0.1) is 26.4 Å². The third-order valence-corrected chi connectivity index (χ3v) is 6.13. The summed E-state index contributed by atoms with van der Waals surface area (Å²) >= 11 is 1.43. The average Bonchev–Trinajstić information content (AvgIpc) is 3.13. The molecule has 0 radical (unpaired) electrons. The number of ether oxygens (including phenoxy) is 3. The van der Waals surface area contributed by atoms with Crippen molar-refractivity contribution in [3.63, 3.8) is 0 Å². The second kappa shape index (κ2) is 9.11. The Morgan fingerprint density at radius 3 is 2.39 bits per heavy atom. The van der Waals surface area contributed by atoms with E-state index in [2.05, 4.69) is 0 Å². The van der Waals surface area contributed by atoms with Crippen LogP contribution in [0.25, 0.3) is 4.91 Å². The van der Waals surface area contributed by atoms with Crippen molar-refractivity contribution in [1.82, 2.24) is 4.90 Å². The molecule has 2 unspecified atom stereocenters. The van der Waals surface area contributed by atoms with Gasteiger partial charge in [0.2, 0.25) is 6.29 Å². The summed E-state index contributed by atoms with van der Waals surface area (Å²) in [7, 11) is 1.37. The predicted molar refractivity (Wildman–Crippen MR) is 108 cm³/mol. The van der Waals surface area contributed by atoms with Gasteiger partial charge in [-0.15, -0.1) is 11.8 Å². The number of hydrogen-bond acceptors (Lipinski definition) is 6. The van der Waals surface area contributed by atoms with Crippen LogP contribution in [0.3, 0.4) is 0 Å². The predicted octanol–water partition coefficient (Wildman–Crippen LogP) is 2.93. The molecule has 1 aromatic carbocycles. The van der Waals surface area contributed by atoms with E-state index in [-0.39, 0.29) is 23.8 Å². The first-order valence-corrected chi connectivity index (χ1v) is 10.4. The van der Waals surface area contributed by atoms with Crippen LogP contribution in [-0.2, 0) is 23.8 Å². The van der Waals surface area contributed by atoms with E-state index in [0.717, 1.165) is 10.5 Å². The van der Waals surface area contributed by atoms with Crippen molar-refractivity contribution >= 4 is 28.5 Å². The van der Waals surface area contributed by atoms with E-state index in [9.17, 15) is 9.59 Å². The molecule has 2 heterocycles. The Bertz CT molecular complexity index is 728. The Kier molecular flexibility index (Phi) is 6.80. The molecule has 2 aliphatic heterocycles. The fourth-order valence-corrected chi connectivity index (χ4v) is 4.70. The number of hydrogen-bond donors (Lipinski definition) is 0. The topological polar surface area (TPSA) is 65.1 Å². The zero-order valence-corrected chi connectivity index (χ0v) is 17.5. The monoisotopic (exact) mass is 405 g/mol. The van der Waals surface area contributed by atoms with Crippen LogP contribution in [0.2, 0.25) is 0 Å². The molecule has 1 fully saturated rings. The van der Waals surface area contributed by atoms with Gasteiger partial charge >= 0.3 is 5.97 Å². The molecular formula is C21H27NO5S. The summed E-state index contributed by atoms with van der Waals surface area (Å²) in [6.45, 7) is 6.82. The number of rotatable bonds is 5. The lowest BCUT2D eigenvalue weighted by Gasteiger charge is -2.37. The van der Waals surface area contributed by atoms with Gasteiger partial charge in [-0.3, -0.25) is 9.59 Å². The summed E-state index contributed by atoms with van der Waals surface area (Å²) in [6, 6.07) is 9.26. The smallest absolute Gasteiger partial charge is 0.321 e. The van der Waals surface area contributed by atoms with Gasteiger partial charge in [-0.2, -0.15) is 0 Å². The average molecular weight is 406 g/mol. The molecule has 0 N–H and O–H groups in total. The lowest BCUT2D eigenvalue weighted by atomic mass is 10.1. The molecule has 0 spiro atoms. The highest BCUT2D eigenvalue weighted by atomic mass is 32.2. The number of esters is 1. The van der Waals surface area contributed by atoms with E-state index < -0.39 is 17.6 Å². The Labute approximate surface area is 170 Å². The number of carbonyl (C=O) groups is 2. The summed E-state index contributed by atoms with van der Waals surface area (Å²) in [5.41, 5.74) is 1.01. The quantitative estimate of drug-likeness (QED) is 0.702. The highest BCUT2D eigenvalue weighted by molar-refractivity contribution is 8.09. The van der Waals surface area contributed by atoms with Gasteiger partial charge in [-0.25, -0.2) is 0 Å². The Balaban J connectivity index is 1.90. The van der Waals surface area contributed by atoms with Crippen LogP contribution in [0, 0.1) is 5.92 Å². The van der Waals surface area contributed by atoms with E-state index in [1.54, 1.807) is 4.90 Å². The first-order valence-electron chi connectivity index (χ1n) is 9.49. The molecule has 1 aromatic rings. The van der Waals surface area contributed by atoms with Crippen molar-refractivity contribution in [2.75, 3.05) is 20.3 Å². The molecule has 0 aliphatic carbocycles. The largest absolute Gasteiger partial charge is 0.468 e. The van der Waals surface area contributed by atoms with Gasteiger partial charge < -0.3 is 19.1 Å². The van der Waals surface area contributed by atoms with Crippen LogP contribution >= 0.6 is 11.8 Å². The third kappa shape index (κ3) is 4.42. The minimum absolute atomic E-state index is 0.136. The van der Waals surface area contributed by atoms with Crippen LogP contribution in [0.4, 0.5) is 0 Å². The SMILES string of the molecule is COC(=O)C1SC(c2ccccc2)=CC1N(C(=O)C1OCC(C)CO1)C(C)C. The van der Waals surface area contributed by atoms with Crippen LogP contribution in [0.1, 0.15) is 26.3 Å². The maximum Gasteiger partial charge on any atom is 0.321 e. The minimum Gasteiger partial charge on any atom is -0.468 e. The van der Waals surface area contributed by atoms with Crippen molar-refractivity contribution in [3.05, 3.63) is 42.0 Å². The molecule has 0 aromatic heterocycles. The van der Waals surface area contributed by atoms with Crippen molar-refractivity contribution in [2.24, 2.45) is 5.92 Å². The van der Waals surface area contributed by atoms with E-state index in [0.29, 0.717) is 13.2 Å². The normalized spacial score (nSPS) is 27.4. The first-order chi connectivity index (χ1) is 13.4. The molecule has 2 aliphatic rings. The molecule has 3 rings (SSSR count). The van der Waals surface area contributed by atoms with Gasteiger partial charge in [-0.1, -0.05) is 37.3 Å². The zero-order valence-electron chi connectivity index (χ0n) is 16.7. The van der Waals surface area contributed by atoms with Gasteiger partial charge in [0, 0.05) is 16.9 Å².